The molecule has 0 bridgehead atoms. The van der Waals surface area contributed by atoms with E-state index < -0.39 is 0 Å². The van der Waals surface area contributed by atoms with Crippen LogP contribution in [0.4, 0.5) is 0 Å². The number of hydrogen-bond donors (Lipinski definition) is 1. The molecule has 0 aromatic heterocycles. The smallest absolute Gasteiger partial charge is 0.0595 e. The van der Waals surface area contributed by atoms with Crippen LogP contribution in [0.15, 0.2) is 18.2 Å². The summed E-state index contributed by atoms with van der Waals surface area (Å²) in [5.74, 6) is 0. The molecule has 1 heterocycles. The van der Waals surface area contributed by atoms with Gasteiger partial charge in [-0.15, -0.1) is 0 Å². The second-order valence-corrected chi connectivity index (χ2v) is 6.88. The average Bonchev–Trinajstić information content (AvgIpc) is 3.01. The summed E-state index contributed by atoms with van der Waals surface area (Å²) in [7, 11) is 0. The van der Waals surface area contributed by atoms with Gasteiger partial charge >= 0.3 is 0 Å². The maximum absolute atomic E-state index is 6.70. The van der Waals surface area contributed by atoms with E-state index in [-0.39, 0.29) is 11.6 Å². The molecule has 0 radical (unpaired) electrons. The first-order valence-corrected chi connectivity index (χ1v) is 8.42. The van der Waals surface area contributed by atoms with E-state index in [1.165, 1.54) is 12.8 Å². The molecule has 116 valence electrons. The van der Waals surface area contributed by atoms with Crippen molar-refractivity contribution < 1.29 is 4.74 Å². The summed E-state index contributed by atoms with van der Waals surface area (Å²) in [6, 6.07) is 5.75. The number of nitrogens with two attached hydrogens (primary N) is 1. The first kappa shape index (κ1) is 15.6. The van der Waals surface area contributed by atoms with Crippen molar-refractivity contribution in [2.45, 2.75) is 37.3 Å². The molecule has 1 saturated carbocycles. The highest BCUT2D eigenvalue weighted by molar-refractivity contribution is 6.42. The van der Waals surface area contributed by atoms with Crippen LogP contribution in [-0.4, -0.2) is 36.7 Å². The molecule has 2 fully saturated rings. The van der Waals surface area contributed by atoms with Crippen LogP contribution in [-0.2, 0) is 4.74 Å². The maximum atomic E-state index is 6.70. The van der Waals surface area contributed by atoms with E-state index in [2.05, 4.69) is 4.90 Å². The van der Waals surface area contributed by atoms with Crippen molar-refractivity contribution in [1.29, 1.82) is 0 Å². The van der Waals surface area contributed by atoms with Gasteiger partial charge in [0.25, 0.3) is 0 Å². The fourth-order valence-corrected chi connectivity index (χ4v) is 4.14. The lowest BCUT2D eigenvalue weighted by molar-refractivity contribution is -0.0311. The largest absolute Gasteiger partial charge is 0.379 e. The van der Waals surface area contributed by atoms with Gasteiger partial charge in [0.05, 0.1) is 23.3 Å². The molecule has 1 aliphatic heterocycles. The summed E-state index contributed by atoms with van der Waals surface area (Å²) >= 11 is 12.2. The molecule has 1 unspecified atom stereocenters. The van der Waals surface area contributed by atoms with Gasteiger partial charge in [-0.2, -0.15) is 0 Å². The standard InChI is InChI=1S/C16H22Cl2N2O/c17-13-4-3-12(11-14(13)18)15(19)16(5-1-2-6-16)20-7-9-21-10-8-20/h3-4,11,15H,1-2,5-10,19H2. The zero-order valence-electron chi connectivity index (χ0n) is 12.2. The highest BCUT2D eigenvalue weighted by Gasteiger charge is 2.45. The van der Waals surface area contributed by atoms with Crippen LogP contribution in [0.2, 0.25) is 10.0 Å². The van der Waals surface area contributed by atoms with Crippen molar-refractivity contribution in [3.05, 3.63) is 33.8 Å². The van der Waals surface area contributed by atoms with E-state index >= 15 is 0 Å². The Labute approximate surface area is 136 Å². The van der Waals surface area contributed by atoms with Gasteiger partial charge in [0.1, 0.15) is 0 Å². The summed E-state index contributed by atoms with van der Waals surface area (Å²) in [6.45, 7) is 3.54. The summed E-state index contributed by atoms with van der Waals surface area (Å²) in [5, 5.41) is 1.17. The fourth-order valence-electron chi connectivity index (χ4n) is 3.84. The third-order valence-corrected chi connectivity index (χ3v) is 5.73. The van der Waals surface area contributed by atoms with Gasteiger partial charge in [-0.1, -0.05) is 42.1 Å². The fraction of sp³-hybridized carbons (Fsp3) is 0.625. The molecule has 1 aromatic carbocycles. The first-order chi connectivity index (χ1) is 10.1. The topological polar surface area (TPSA) is 38.5 Å². The quantitative estimate of drug-likeness (QED) is 0.920. The van der Waals surface area contributed by atoms with Crippen molar-refractivity contribution >= 4 is 23.2 Å². The molecule has 2 N–H and O–H groups in total. The Balaban J connectivity index is 1.90. The van der Waals surface area contributed by atoms with E-state index in [9.17, 15) is 0 Å². The number of rotatable bonds is 3. The number of benzene rings is 1. The molecule has 5 heteroatoms. The Bertz CT molecular complexity index is 497. The van der Waals surface area contributed by atoms with Gasteiger partial charge in [-0.05, 0) is 30.5 Å². The van der Waals surface area contributed by atoms with E-state index in [0.29, 0.717) is 10.0 Å². The predicted molar refractivity (Wildman–Crippen MR) is 87.0 cm³/mol. The van der Waals surface area contributed by atoms with Crippen LogP contribution in [0.3, 0.4) is 0 Å². The molecule has 0 spiro atoms. The Morgan fingerprint density at radius 2 is 1.76 bits per heavy atom. The van der Waals surface area contributed by atoms with E-state index in [4.69, 9.17) is 33.7 Å². The van der Waals surface area contributed by atoms with Crippen molar-refractivity contribution in [2.24, 2.45) is 5.73 Å². The normalized spacial score (nSPS) is 24.1. The third-order valence-electron chi connectivity index (χ3n) is 4.99. The lowest BCUT2D eigenvalue weighted by Crippen LogP contribution is -2.57. The molecule has 2 aliphatic rings. The van der Waals surface area contributed by atoms with Gasteiger partial charge in [-0.25, -0.2) is 0 Å². The number of hydrogen-bond acceptors (Lipinski definition) is 3. The Hall–Kier alpha value is -0.320. The van der Waals surface area contributed by atoms with Crippen LogP contribution in [0.25, 0.3) is 0 Å². The van der Waals surface area contributed by atoms with Gasteiger partial charge < -0.3 is 10.5 Å². The number of halogens is 2. The van der Waals surface area contributed by atoms with Crippen molar-refractivity contribution in [2.75, 3.05) is 26.3 Å². The van der Waals surface area contributed by atoms with Gasteiger partial charge in [0.2, 0.25) is 0 Å². The maximum Gasteiger partial charge on any atom is 0.0595 e. The van der Waals surface area contributed by atoms with Crippen LogP contribution < -0.4 is 5.73 Å². The van der Waals surface area contributed by atoms with E-state index in [1.54, 1.807) is 0 Å². The number of nitrogens with zero attached hydrogens (tertiary/aromatic N) is 1. The van der Waals surface area contributed by atoms with Gasteiger partial charge in [-0.3, -0.25) is 4.90 Å². The van der Waals surface area contributed by atoms with Crippen molar-refractivity contribution in [3.63, 3.8) is 0 Å². The molecule has 21 heavy (non-hydrogen) atoms. The molecular formula is C16H22Cl2N2O. The highest BCUT2D eigenvalue weighted by Crippen LogP contribution is 2.44. The van der Waals surface area contributed by atoms with E-state index in [1.807, 2.05) is 18.2 Å². The van der Waals surface area contributed by atoms with Crippen LogP contribution in [0.1, 0.15) is 37.3 Å². The predicted octanol–water partition coefficient (Wildman–Crippen LogP) is 3.64. The number of morpholine rings is 1. The molecule has 1 aliphatic carbocycles. The summed E-state index contributed by atoms with van der Waals surface area (Å²) < 4.78 is 5.50. The lowest BCUT2D eigenvalue weighted by atomic mass is 9.82. The minimum absolute atomic E-state index is 0.0344. The zero-order chi connectivity index (χ0) is 14.9. The van der Waals surface area contributed by atoms with E-state index in [0.717, 1.165) is 44.7 Å². The van der Waals surface area contributed by atoms with Crippen molar-refractivity contribution in [1.82, 2.24) is 4.90 Å². The van der Waals surface area contributed by atoms with Crippen molar-refractivity contribution in [3.8, 4) is 0 Å². The van der Waals surface area contributed by atoms with Gasteiger partial charge in [0, 0.05) is 24.7 Å². The molecule has 1 atom stereocenters. The monoisotopic (exact) mass is 328 g/mol. The van der Waals surface area contributed by atoms with Crippen LogP contribution in [0.5, 0.6) is 0 Å². The summed E-state index contributed by atoms with van der Waals surface area (Å²) in [4.78, 5) is 2.54. The molecule has 0 amide bonds. The highest BCUT2D eigenvalue weighted by atomic mass is 35.5. The Morgan fingerprint density at radius 3 is 2.38 bits per heavy atom. The minimum Gasteiger partial charge on any atom is -0.379 e. The summed E-state index contributed by atoms with van der Waals surface area (Å²) in [6.07, 6.45) is 4.78. The Kier molecular flexibility index (Phi) is 4.77. The lowest BCUT2D eigenvalue weighted by Gasteiger charge is -2.47. The van der Waals surface area contributed by atoms with Crippen LogP contribution in [0, 0.1) is 0 Å². The molecular weight excluding hydrogens is 307 g/mol. The minimum atomic E-state index is -0.0344. The molecule has 3 rings (SSSR count). The first-order valence-electron chi connectivity index (χ1n) is 7.67. The SMILES string of the molecule is NC(c1ccc(Cl)c(Cl)c1)C1(N2CCOCC2)CCCC1. The second kappa shape index (κ2) is 6.43. The average molecular weight is 329 g/mol. The molecule has 1 saturated heterocycles. The van der Waals surface area contributed by atoms with Gasteiger partial charge in [0.15, 0.2) is 0 Å². The molecule has 1 aromatic rings. The third kappa shape index (κ3) is 2.95. The zero-order valence-corrected chi connectivity index (χ0v) is 13.7. The second-order valence-electron chi connectivity index (χ2n) is 6.06. The molecule has 3 nitrogen and oxygen atoms in total. The summed E-state index contributed by atoms with van der Waals surface area (Å²) in [5.41, 5.74) is 7.82. The Morgan fingerprint density at radius 1 is 1.10 bits per heavy atom. The van der Waals surface area contributed by atoms with Crippen LogP contribution >= 0.6 is 23.2 Å². The number of ether oxygens (including phenoxy) is 1.